The van der Waals surface area contributed by atoms with Gasteiger partial charge in [0.1, 0.15) is 18.5 Å². The van der Waals surface area contributed by atoms with Crippen molar-refractivity contribution in [1.29, 1.82) is 0 Å². The van der Waals surface area contributed by atoms with Crippen LogP contribution < -0.4 is 10.1 Å². The van der Waals surface area contributed by atoms with E-state index < -0.39 is 0 Å². The van der Waals surface area contributed by atoms with Crippen molar-refractivity contribution in [2.45, 2.75) is 32.5 Å². The Hall–Kier alpha value is -1.10. The number of likely N-dealkylation sites (N-methyl/N-ethyl adjacent to an activating group) is 1. The molecule has 1 saturated heterocycles. The molecule has 1 unspecified atom stereocenters. The Bertz CT molecular complexity index is 409. The number of ether oxygens (including phenoxy) is 2. The van der Waals surface area contributed by atoms with Crippen LogP contribution in [-0.2, 0) is 11.3 Å². The zero-order chi connectivity index (χ0) is 14.4. The highest BCUT2D eigenvalue weighted by Gasteiger charge is 2.18. The van der Waals surface area contributed by atoms with Gasteiger partial charge in [0.2, 0.25) is 0 Å². The molecule has 0 radical (unpaired) electrons. The Morgan fingerprint density at radius 3 is 2.95 bits per heavy atom. The van der Waals surface area contributed by atoms with E-state index >= 15 is 0 Å². The van der Waals surface area contributed by atoms with Crippen LogP contribution in [0.15, 0.2) is 24.3 Å². The molecule has 1 aliphatic rings. The van der Waals surface area contributed by atoms with Crippen molar-refractivity contribution in [2.75, 3.05) is 33.4 Å². The summed E-state index contributed by atoms with van der Waals surface area (Å²) in [4.78, 5) is 2.28. The molecule has 1 aromatic carbocycles. The third kappa shape index (κ3) is 4.78. The first kappa shape index (κ1) is 15.3. The summed E-state index contributed by atoms with van der Waals surface area (Å²) < 4.78 is 11.7. The lowest BCUT2D eigenvalue weighted by Gasteiger charge is -2.30. The molecule has 0 bridgehead atoms. The maximum absolute atomic E-state index is 5.97. The van der Waals surface area contributed by atoms with Gasteiger partial charge >= 0.3 is 0 Å². The van der Waals surface area contributed by atoms with Gasteiger partial charge in [0.25, 0.3) is 0 Å². The lowest BCUT2D eigenvalue weighted by molar-refractivity contribution is -0.0404. The van der Waals surface area contributed by atoms with E-state index in [0.717, 1.165) is 32.0 Å². The monoisotopic (exact) mass is 278 g/mol. The fraction of sp³-hybridized carbons (Fsp3) is 0.625. The first-order valence-electron chi connectivity index (χ1n) is 7.39. The van der Waals surface area contributed by atoms with E-state index in [4.69, 9.17) is 9.47 Å². The van der Waals surface area contributed by atoms with Crippen molar-refractivity contribution < 1.29 is 9.47 Å². The molecule has 0 aliphatic carbocycles. The van der Waals surface area contributed by atoms with Crippen LogP contribution in [0, 0.1) is 0 Å². The van der Waals surface area contributed by atoms with E-state index in [1.807, 2.05) is 12.1 Å². The van der Waals surface area contributed by atoms with Crippen molar-refractivity contribution in [3.05, 3.63) is 29.8 Å². The second kappa shape index (κ2) is 7.62. The highest BCUT2D eigenvalue weighted by molar-refractivity contribution is 5.33. The fourth-order valence-electron chi connectivity index (χ4n) is 2.26. The van der Waals surface area contributed by atoms with Gasteiger partial charge in [-0.05, 0) is 13.1 Å². The minimum Gasteiger partial charge on any atom is -0.490 e. The van der Waals surface area contributed by atoms with Crippen molar-refractivity contribution >= 4 is 0 Å². The summed E-state index contributed by atoms with van der Waals surface area (Å²) in [5.41, 5.74) is 1.20. The minimum atomic E-state index is 0.167. The Balaban J connectivity index is 1.88. The van der Waals surface area contributed by atoms with Gasteiger partial charge in [0.05, 0.1) is 6.61 Å². The molecule has 1 heterocycles. The average molecular weight is 278 g/mol. The smallest absolute Gasteiger partial charge is 0.123 e. The summed E-state index contributed by atoms with van der Waals surface area (Å²) in [7, 11) is 2.12. The van der Waals surface area contributed by atoms with E-state index in [1.54, 1.807) is 0 Å². The van der Waals surface area contributed by atoms with Crippen LogP contribution in [0.3, 0.4) is 0 Å². The fourth-order valence-corrected chi connectivity index (χ4v) is 2.26. The molecule has 1 aromatic rings. The van der Waals surface area contributed by atoms with Crippen molar-refractivity contribution in [3.8, 4) is 5.75 Å². The van der Waals surface area contributed by atoms with Gasteiger partial charge in [-0.1, -0.05) is 32.0 Å². The number of hydrogen-bond acceptors (Lipinski definition) is 4. The predicted octanol–water partition coefficient (Wildman–Crippen LogP) is 1.89. The van der Waals surface area contributed by atoms with Gasteiger partial charge in [-0.25, -0.2) is 0 Å². The molecule has 4 nitrogen and oxygen atoms in total. The molecule has 1 atom stereocenters. The zero-order valence-corrected chi connectivity index (χ0v) is 12.8. The number of hydrogen-bond donors (Lipinski definition) is 1. The molecule has 0 saturated carbocycles. The summed E-state index contributed by atoms with van der Waals surface area (Å²) in [6.07, 6.45) is 0.167. The van der Waals surface area contributed by atoms with Crippen LogP contribution in [0.5, 0.6) is 5.75 Å². The Labute approximate surface area is 122 Å². The van der Waals surface area contributed by atoms with Gasteiger partial charge < -0.3 is 19.7 Å². The van der Waals surface area contributed by atoms with E-state index in [0.29, 0.717) is 12.6 Å². The normalized spacial score (nSPS) is 20.3. The van der Waals surface area contributed by atoms with Crippen LogP contribution in [0.25, 0.3) is 0 Å². The van der Waals surface area contributed by atoms with E-state index in [1.165, 1.54) is 5.56 Å². The number of nitrogens with one attached hydrogen (secondary N) is 1. The highest BCUT2D eigenvalue weighted by Crippen LogP contribution is 2.18. The van der Waals surface area contributed by atoms with Crippen LogP contribution in [0.2, 0.25) is 0 Å². The molecule has 1 N–H and O–H groups in total. The lowest BCUT2D eigenvalue weighted by atomic mass is 10.2. The maximum Gasteiger partial charge on any atom is 0.123 e. The van der Waals surface area contributed by atoms with E-state index in [2.05, 4.69) is 43.2 Å². The Morgan fingerprint density at radius 1 is 1.40 bits per heavy atom. The third-order valence-corrected chi connectivity index (χ3v) is 3.44. The van der Waals surface area contributed by atoms with Crippen LogP contribution >= 0.6 is 0 Å². The Morgan fingerprint density at radius 2 is 2.20 bits per heavy atom. The van der Waals surface area contributed by atoms with Gasteiger partial charge in [-0.15, -0.1) is 0 Å². The first-order valence-corrected chi connectivity index (χ1v) is 7.39. The molecule has 0 spiro atoms. The SMILES string of the molecule is CC(C)NCc1ccccc1OCC1CN(C)CCO1. The number of nitrogens with zero attached hydrogens (tertiary/aromatic N) is 1. The van der Waals surface area contributed by atoms with Gasteiger partial charge in [-0.3, -0.25) is 0 Å². The molecule has 20 heavy (non-hydrogen) atoms. The topological polar surface area (TPSA) is 33.7 Å². The molecular formula is C16H26N2O2. The molecule has 4 heteroatoms. The van der Waals surface area contributed by atoms with Crippen molar-refractivity contribution in [3.63, 3.8) is 0 Å². The van der Waals surface area contributed by atoms with Gasteiger partial charge in [-0.2, -0.15) is 0 Å². The first-order chi connectivity index (χ1) is 9.65. The molecule has 0 amide bonds. The van der Waals surface area contributed by atoms with Crippen LogP contribution in [0.1, 0.15) is 19.4 Å². The number of morpholine rings is 1. The van der Waals surface area contributed by atoms with Gasteiger partial charge in [0, 0.05) is 31.2 Å². The van der Waals surface area contributed by atoms with E-state index in [9.17, 15) is 0 Å². The van der Waals surface area contributed by atoms with Crippen LogP contribution in [-0.4, -0.2) is 50.4 Å². The molecular weight excluding hydrogens is 252 g/mol. The highest BCUT2D eigenvalue weighted by atomic mass is 16.5. The molecule has 2 rings (SSSR count). The number of para-hydroxylation sites is 1. The predicted molar refractivity (Wildman–Crippen MR) is 81.1 cm³/mol. The maximum atomic E-state index is 5.97. The van der Waals surface area contributed by atoms with Crippen LogP contribution in [0.4, 0.5) is 0 Å². The molecule has 1 fully saturated rings. The van der Waals surface area contributed by atoms with Crippen molar-refractivity contribution in [2.24, 2.45) is 0 Å². The summed E-state index contributed by atoms with van der Waals surface area (Å²) >= 11 is 0. The third-order valence-electron chi connectivity index (χ3n) is 3.44. The summed E-state index contributed by atoms with van der Waals surface area (Å²) in [6, 6.07) is 8.68. The summed E-state index contributed by atoms with van der Waals surface area (Å²) in [5, 5.41) is 3.43. The lowest BCUT2D eigenvalue weighted by Crippen LogP contribution is -2.42. The molecule has 0 aromatic heterocycles. The second-order valence-corrected chi connectivity index (χ2v) is 5.71. The summed E-state index contributed by atoms with van der Waals surface area (Å²) in [5.74, 6) is 0.956. The van der Waals surface area contributed by atoms with E-state index in [-0.39, 0.29) is 6.10 Å². The largest absolute Gasteiger partial charge is 0.490 e. The second-order valence-electron chi connectivity index (χ2n) is 5.71. The van der Waals surface area contributed by atoms with Crippen molar-refractivity contribution in [1.82, 2.24) is 10.2 Å². The summed E-state index contributed by atoms with van der Waals surface area (Å²) in [6.45, 7) is 8.48. The zero-order valence-electron chi connectivity index (χ0n) is 12.8. The average Bonchev–Trinajstić information content (AvgIpc) is 2.44. The number of rotatable bonds is 6. The molecule has 1 aliphatic heterocycles. The Kier molecular flexibility index (Phi) is 5.83. The minimum absolute atomic E-state index is 0.167. The number of benzene rings is 1. The standard InChI is InChI=1S/C16H26N2O2/c1-13(2)17-10-14-6-4-5-7-16(14)20-12-15-11-18(3)8-9-19-15/h4-7,13,15,17H,8-12H2,1-3H3. The van der Waals surface area contributed by atoms with Gasteiger partial charge in [0.15, 0.2) is 0 Å². The molecule has 112 valence electrons. The quantitative estimate of drug-likeness (QED) is 0.861.